The van der Waals surface area contributed by atoms with Crippen LogP contribution in [0.15, 0.2) is 67.0 Å². The Morgan fingerprint density at radius 1 is 1.08 bits per heavy atom. The number of H-pyrrole nitrogens is 1. The fourth-order valence-corrected chi connectivity index (χ4v) is 5.62. The number of aryl methyl sites for hydroxylation is 1. The summed E-state index contributed by atoms with van der Waals surface area (Å²) in [5, 5.41) is 6.09. The number of fused-ring (bicyclic) bond motifs is 2. The Morgan fingerprint density at radius 2 is 1.97 bits per heavy atom. The first-order chi connectivity index (χ1) is 19.1. The van der Waals surface area contributed by atoms with Crippen molar-refractivity contribution in [2.24, 2.45) is 0 Å². The van der Waals surface area contributed by atoms with Gasteiger partial charge in [-0.3, -0.25) is 9.78 Å². The van der Waals surface area contributed by atoms with Crippen molar-refractivity contribution in [3.05, 3.63) is 89.5 Å². The Kier molecular flexibility index (Phi) is 5.97. The zero-order chi connectivity index (χ0) is 26.3. The van der Waals surface area contributed by atoms with E-state index >= 15 is 0 Å². The van der Waals surface area contributed by atoms with E-state index in [1.807, 2.05) is 53.0 Å². The third-order valence-corrected chi connectivity index (χ3v) is 7.77. The summed E-state index contributed by atoms with van der Waals surface area (Å²) < 4.78 is 8.14. The quantitative estimate of drug-likeness (QED) is 0.330. The van der Waals surface area contributed by atoms with Crippen LogP contribution in [-0.4, -0.2) is 48.7 Å². The highest BCUT2D eigenvalue weighted by molar-refractivity contribution is 5.95. The first-order valence-corrected chi connectivity index (χ1v) is 13.6. The number of hydrogen-bond acceptors (Lipinski definition) is 5. The van der Waals surface area contributed by atoms with Crippen LogP contribution in [0.1, 0.15) is 52.8 Å². The lowest BCUT2D eigenvalue weighted by atomic mass is 10.0. The number of ether oxygens (including phenoxy) is 1. The standard InChI is InChI=1S/C31H30N6O2/c1-20-7-9-21(10-8-20)31(38)36-15-13-25-26(19-36)34-30(33-25)29-24-17-22(23-5-4-14-32-18-23)11-12-27(24)37(35-29)28-6-2-3-16-39-28/h4-5,7-12,14,17-18,28H,2-3,6,13,15-16,19H2,1H3,(H,33,34). The third-order valence-electron chi connectivity index (χ3n) is 7.77. The highest BCUT2D eigenvalue weighted by atomic mass is 16.5. The van der Waals surface area contributed by atoms with Crippen LogP contribution in [0.5, 0.6) is 0 Å². The number of hydrogen-bond donors (Lipinski definition) is 1. The lowest BCUT2D eigenvalue weighted by Gasteiger charge is -2.26. The summed E-state index contributed by atoms with van der Waals surface area (Å²) in [6.45, 7) is 3.91. The first kappa shape index (κ1) is 23.8. The van der Waals surface area contributed by atoms with E-state index in [0.29, 0.717) is 25.1 Å². The van der Waals surface area contributed by atoms with Crippen LogP contribution in [0.3, 0.4) is 0 Å². The predicted octanol–water partition coefficient (Wildman–Crippen LogP) is 5.69. The molecule has 2 aromatic carbocycles. The first-order valence-electron chi connectivity index (χ1n) is 13.6. The van der Waals surface area contributed by atoms with E-state index in [2.05, 4.69) is 34.2 Å². The van der Waals surface area contributed by atoms with Gasteiger partial charge in [-0.2, -0.15) is 5.10 Å². The van der Waals surface area contributed by atoms with Gasteiger partial charge in [-0.05, 0) is 62.1 Å². The van der Waals surface area contributed by atoms with Gasteiger partial charge in [0.25, 0.3) is 5.91 Å². The number of nitrogens with one attached hydrogen (secondary N) is 1. The lowest BCUT2D eigenvalue weighted by molar-refractivity contribution is -0.0365. The Hall–Kier alpha value is -4.30. The average Bonchev–Trinajstić information content (AvgIpc) is 3.59. The SMILES string of the molecule is Cc1ccc(C(=O)N2CCc3nc(-c4nn(C5CCCCO5)c5ccc(-c6cccnc6)cc45)[nH]c3C2)cc1. The summed E-state index contributed by atoms with van der Waals surface area (Å²) in [6, 6.07) is 18.2. The molecule has 0 radical (unpaired) electrons. The number of carbonyl (C=O) groups excluding carboxylic acids is 1. The van der Waals surface area contributed by atoms with Crippen molar-refractivity contribution in [3.8, 4) is 22.6 Å². The second-order valence-corrected chi connectivity index (χ2v) is 10.4. The van der Waals surface area contributed by atoms with Crippen molar-refractivity contribution in [2.75, 3.05) is 13.2 Å². The van der Waals surface area contributed by atoms with E-state index in [1.54, 1.807) is 6.20 Å². The molecule has 196 valence electrons. The molecule has 0 spiro atoms. The number of amides is 1. The molecule has 39 heavy (non-hydrogen) atoms. The zero-order valence-electron chi connectivity index (χ0n) is 21.9. The molecule has 8 heteroatoms. The molecule has 5 aromatic rings. The summed E-state index contributed by atoms with van der Waals surface area (Å²) in [5.74, 6) is 0.773. The van der Waals surface area contributed by atoms with Gasteiger partial charge in [0, 0.05) is 48.5 Å². The maximum Gasteiger partial charge on any atom is 0.254 e. The number of nitrogens with zero attached hydrogens (tertiary/aromatic N) is 5. The minimum atomic E-state index is -0.0912. The van der Waals surface area contributed by atoms with Gasteiger partial charge in [0.2, 0.25) is 0 Å². The molecule has 3 aromatic heterocycles. The fourth-order valence-electron chi connectivity index (χ4n) is 5.62. The second kappa shape index (κ2) is 9.78. The molecule has 1 atom stereocenters. The molecular formula is C31H30N6O2. The van der Waals surface area contributed by atoms with Gasteiger partial charge in [-0.25, -0.2) is 9.67 Å². The second-order valence-electron chi connectivity index (χ2n) is 10.4. The average molecular weight is 519 g/mol. The molecule has 1 amide bonds. The van der Waals surface area contributed by atoms with Gasteiger partial charge < -0.3 is 14.6 Å². The molecule has 0 saturated carbocycles. The Labute approximate surface area is 226 Å². The maximum atomic E-state index is 13.2. The van der Waals surface area contributed by atoms with Gasteiger partial charge in [-0.1, -0.05) is 29.8 Å². The van der Waals surface area contributed by atoms with Gasteiger partial charge >= 0.3 is 0 Å². The highest BCUT2D eigenvalue weighted by Crippen LogP contribution is 2.35. The number of carbonyl (C=O) groups is 1. The molecule has 1 N–H and O–H groups in total. The van der Waals surface area contributed by atoms with Crippen LogP contribution < -0.4 is 0 Å². The van der Waals surface area contributed by atoms with Crippen molar-refractivity contribution in [3.63, 3.8) is 0 Å². The highest BCUT2D eigenvalue weighted by Gasteiger charge is 2.28. The minimum Gasteiger partial charge on any atom is -0.356 e. The van der Waals surface area contributed by atoms with Crippen LogP contribution >= 0.6 is 0 Å². The van der Waals surface area contributed by atoms with Crippen molar-refractivity contribution in [2.45, 2.75) is 45.4 Å². The monoisotopic (exact) mass is 518 g/mol. The molecule has 0 aliphatic carbocycles. The Balaban J connectivity index is 1.26. The minimum absolute atomic E-state index is 0.0436. The summed E-state index contributed by atoms with van der Waals surface area (Å²) in [6.07, 6.45) is 7.41. The smallest absolute Gasteiger partial charge is 0.254 e. The number of pyridine rings is 1. The van der Waals surface area contributed by atoms with E-state index in [4.69, 9.17) is 14.8 Å². The topological polar surface area (TPSA) is 88.9 Å². The van der Waals surface area contributed by atoms with Crippen molar-refractivity contribution < 1.29 is 9.53 Å². The number of aromatic nitrogens is 5. The van der Waals surface area contributed by atoms with Crippen LogP contribution in [0.2, 0.25) is 0 Å². The van der Waals surface area contributed by atoms with Crippen LogP contribution in [0.4, 0.5) is 0 Å². The van der Waals surface area contributed by atoms with Crippen molar-refractivity contribution >= 4 is 16.8 Å². The van der Waals surface area contributed by atoms with Gasteiger partial charge in [0.15, 0.2) is 12.1 Å². The summed E-state index contributed by atoms with van der Waals surface area (Å²) in [4.78, 5) is 27.9. The number of rotatable bonds is 4. The summed E-state index contributed by atoms with van der Waals surface area (Å²) >= 11 is 0. The Morgan fingerprint density at radius 3 is 2.77 bits per heavy atom. The molecule has 5 heterocycles. The molecule has 7 rings (SSSR count). The predicted molar refractivity (Wildman–Crippen MR) is 149 cm³/mol. The molecule has 1 saturated heterocycles. The Bertz CT molecular complexity index is 1650. The molecule has 8 nitrogen and oxygen atoms in total. The van der Waals surface area contributed by atoms with Crippen molar-refractivity contribution in [1.82, 2.24) is 29.6 Å². The number of imidazole rings is 1. The molecule has 1 unspecified atom stereocenters. The van der Waals surface area contributed by atoms with Crippen LogP contribution in [-0.2, 0) is 17.7 Å². The molecular weight excluding hydrogens is 488 g/mol. The molecule has 2 aliphatic rings. The van der Waals surface area contributed by atoms with Crippen molar-refractivity contribution in [1.29, 1.82) is 0 Å². The van der Waals surface area contributed by atoms with E-state index < -0.39 is 0 Å². The molecule has 2 aliphatic heterocycles. The van der Waals surface area contributed by atoms with E-state index in [0.717, 1.165) is 76.4 Å². The lowest BCUT2D eigenvalue weighted by Crippen LogP contribution is -2.36. The summed E-state index contributed by atoms with van der Waals surface area (Å²) in [5.41, 5.74) is 7.77. The maximum absolute atomic E-state index is 13.2. The van der Waals surface area contributed by atoms with Gasteiger partial charge in [0.05, 0.1) is 23.4 Å². The number of aromatic amines is 1. The normalized spacial score (nSPS) is 17.4. The van der Waals surface area contributed by atoms with Crippen LogP contribution in [0.25, 0.3) is 33.5 Å². The van der Waals surface area contributed by atoms with E-state index in [-0.39, 0.29) is 12.1 Å². The van der Waals surface area contributed by atoms with E-state index in [9.17, 15) is 4.79 Å². The van der Waals surface area contributed by atoms with Crippen LogP contribution in [0, 0.1) is 6.92 Å². The third kappa shape index (κ3) is 4.40. The van der Waals surface area contributed by atoms with E-state index in [1.165, 1.54) is 0 Å². The molecule has 0 bridgehead atoms. The van der Waals surface area contributed by atoms with Gasteiger partial charge in [-0.15, -0.1) is 0 Å². The number of benzene rings is 2. The fraction of sp³-hybridized carbons (Fsp3) is 0.290. The zero-order valence-corrected chi connectivity index (χ0v) is 21.9. The largest absolute Gasteiger partial charge is 0.356 e. The van der Waals surface area contributed by atoms with Gasteiger partial charge in [0.1, 0.15) is 5.69 Å². The summed E-state index contributed by atoms with van der Waals surface area (Å²) in [7, 11) is 0. The molecule has 1 fully saturated rings.